The van der Waals surface area contributed by atoms with Crippen molar-refractivity contribution in [2.75, 3.05) is 13.1 Å². The molecule has 0 spiro atoms. The van der Waals surface area contributed by atoms with E-state index in [0.717, 1.165) is 23.7 Å². The molecule has 3 unspecified atom stereocenters. The van der Waals surface area contributed by atoms with Crippen molar-refractivity contribution in [2.45, 2.75) is 32.1 Å². The number of fused-ring (bicyclic) bond motifs is 2. The molecule has 68 valence electrons. The van der Waals surface area contributed by atoms with E-state index in [1.807, 2.05) is 0 Å². The van der Waals surface area contributed by atoms with Crippen molar-refractivity contribution >= 4 is 0 Å². The van der Waals surface area contributed by atoms with Gasteiger partial charge in [0.15, 0.2) is 0 Å². The normalized spacial score (nSPS) is 46.5. The van der Waals surface area contributed by atoms with E-state index < -0.39 is 0 Å². The van der Waals surface area contributed by atoms with Gasteiger partial charge in [-0.05, 0) is 62.4 Å². The Morgan fingerprint density at radius 1 is 1.08 bits per heavy atom. The SMILES string of the molecule is C1CC2CC1CC2CC1CNC1. The summed E-state index contributed by atoms with van der Waals surface area (Å²) >= 11 is 0. The first kappa shape index (κ1) is 7.37. The van der Waals surface area contributed by atoms with Gasteiger partial charge in [0.25, 0.3) is 0 Å². The highest BCUT2D eigenvalue weighted by Crippen LogP contribution is 2.50. The Kier molecular flexibility index (Phi) is 1.68. The highest BCUT2D eigenvalue weighted by atomic mass is 14.9. The number of nitrogens with one attached hydrogen (secondary N) is 1. The average molecular weight is 165 g/mol. The van der Waals surface area contributed by atoms with E-state index in [1.165, 1.54) is 13.1 Å². The second-order valence-corrected chi connectivity index (χ2v) is 5.19. The molecule has 12 heavy (non-hydrogen) atoms. The van der Waals surface area contributed by atoms with Crippen LogP contribution in [0.5, 0.6) is 0 Å². The zero-order valence-corrected chi connectivity index (χ0v) is 7.76. The van der Waals surface area contributed by atoms with Crippen molar-refractivity contribution in [2.24, 2.45) is 23.7 Å². The van der Waals surface area contributed by atoms with E-state index >= 15 is 0 Å². The molecule has 1 nitrogen and oxygen atoms in total. The molecule has 3 fully saturated rings. The first-order valence-electron chi connectivity index (χ1n) is 5.62. The molecular formula is C11H19N. The Bertz CT molecular complexity index is 174. The molecule has 3 rings (SSSR count). The van der Waals surface area contributed by atoms with E-state index in [0.29, 0.717) is 0 Å². The number of hydrogen-bond acceptors (Lipinski definition) is 1. The van der Waals surface area contributed by atoms with Crippen LogP contribution >= 0.6 is 0 Å². The van der Waals surface area contributed by atoms with Gasteiger partial charge in [-0.2, -0.15) is 0 Å². The molecule has 1 heteroatoms. The Labute approximate surface area is 74.9 Å². The van der Waals surface area contributed by atoms with Gasteiger partial charge >= 0.3 is 0 Å². The molecule has 3 atom stereocenters. The Morgan fingerprint density at radius 3 is 2.50 bits per heavy atom. The molecule has 1 saturated heterocycles. The van der Waals surface area contributed by atoms with Crippen LogP contribution in [-0.4, -0.2) is 13.1 Å². The predicted octanol–water partition coefficient (Wildman–Crippen LogP) is 2.03. The fraction of sp³-hybridized carbons (Fsp3) is 1.00. The third-order valence-electron chi connectivity index (χ3n) is 4.39. The summed E-state index contributed by atoms with van der Waals surface area (Å²) in [5.41, 5.74) is 0. The van der Waals surface area contributed by atoms with Crippen LogP contribution in [-0.2, 0) is 0 Å². The highest BCUT2D eigenvalue weighted by molar-refractivity contribution is 4.92. The fourth-order valence-electron chi connectivity index (χ4n) is 3.61. The van der Waals surface area contributed by atoms with Crippen molar-refractivity contribution in [1.29, 1.82) is 0 Å². The van der Waals surface area contributed by atoms with E-state index in [4.69, 9.17) is 0 Å². The monoisotopic (exact) mass is 165 g/mol. The third kappa shape index (κ3) is 1.10. The van der Waals surface area contributed by atoms with Gasteiger partial charge in [-0.15, -0.1) is 0 Å². The number of rotatable bonds is 2. The summed E-state index contributed by atoms with van der Waals surface area (Å²) in [6.07, 6.45) is 7.85. The summed E-state index contributed by atoms with van der Waals surface area (Å²) in [6.45, 7) is 2.63. The molecule has 2 saturated carbocycles. The summed E-state index contributed by atoms with van der Waals surface area (Å²) in [5.74, 6) is 4.48. The van der Waals surface area contributed by atoms with E-state index in [-0.39, 0.29) is 0 Å². The van der Waals surface area contributed by atoms with Crippen LogP contribution in [0.3, 0.4) is 0 Å². The molecule has 0 aromatic rings. The first-order chi connectivity index (χ1) is 5.92. The maximum atomic E-state index is 3.38. The Balaban J connectivity index is 1.56. The second kappa shape index (κ2) is 2.73. The Morgan fingerprint density at radius 2 is 2.00 bits per heavy atom. The quantitative estimate of drug-likeness (QED) is 0.660. The van der Waals surface area contributed by atoms with Crippen molar-refractivity contribution in [3.63, 3.8) is 0 Å². The molecule has 2 aliphatic carbocycles. The lowest BCUT2D eigenvalue weighted by atomic mass is 9.80. The maximum Gasteiger partial charge on any atom is -0.000815 e. The molecular weight excluding hydrogens is 146 g/mol. The molecule has 0 radical (unpaired) electrons. The average Bonchev–Trinajstić information content (AvgIpc) is 2.56. The highest BCUT2D eigenvalue weighted by Gasteiger charge is 2.40. The Hall–Kier alpha value is -0.0400. The van der Waals surface area contributed by atoms with Crippen molar-refractivity contribution in [3.05, 3.63) is 0 Å². The van der Waals surface area contributed by atoms with Gasteiger partial charge in [-0.25, -0.2) is 0 Å². The maximum absolute atomic E-state index is 3.38. The molecule has 3 aliphatic rings. The van der Waals surface area contributed by atoms with Gasteiger partial charge in [0.05, 0.1) is 0 Å². The van der Waals surface area contributed by atoms with Crippen LogP contribution in [0.15, 0.2) is 0 Å². The molecule has 0 amide bonds. The summed E-state index contributed by atoms with van der Waals surface area (Å²) in [7, 11) is 0. The predicted molar refractivity (Wildman–Crippen MR) is 49.9 cm³/mol. The second-order valence-electron chi connectivity index (χ2n) is 5.19. The van der Waals surface area contributed by atoms with Crippen LogP contribution in [0.25, 0.3) is 0 Å². The van der Waals surface area contributed by atoms with E-state index in [9.17, 15) is 0 Å². The van der Waals surface area contributed by atoms with E-state index in [2.05, 4.69) is 5.32 Å². The summed E-state index contributed by atoms with van der Waals surface area (Å²) in [6, 6.07) is 0. The minimum Gasteiger partial charge on any atom is -0.316 e. The number of hydrogen-bond donors (Lipinski definition) is 1. The minimum absolute atomic E-state index is 1.05. The zero-order valence-electron chi connectivity index (χ0n) is 7.76. The summed E-state index contributed by atoms with van der Waals surface area (Å²) < 4.78 is 0. The summed E-state index contributed by atoms with van der Waals surface area (Å²) in [4.78, 5) is 0. The zero-order chi connectivity index (χ0) is 7.97. The van der Waals surface area contributed by atoms with Gasteiger partial charge in [0, 0.05) is 0 Å². The lowest BCUT2D eigenvalue weighted by Crippen LogP contribution is -2.43. The van der Waals surface area contributed by atoms with E-state index in [1.54, 1.807) is 32.1 Å². The molecule has 2 bridgehead atoms. The van der Waals surface area contributed by atoms with Crippen LogP contribution in [0.4, 0.5) is 0 Å². The fourth-order valence-corrected chi connectivity index (χ4v) is 3.61. The standard InChI is InChI=1S/C11H19N/c1-2-10-3-8(1)4-11(10)5-9-6-12-7-9/h8-12H,1-7H2. The van der Waals surface area contributed by atoms with Crippen molar-refractivity contribution in [3.8, 4) is 0 Å². The molecule has 0 aromatic carbocycles. The topological polar surface area (TPSA) is 12.0 Å². The van der Waals surface area contributed by atoms with Gasteiger partial charge in [0.2, 0.25) is 0 Å². The molecule has 1 N–H and O–H groups in total. The molecule has 0 aromatic heterocycles. The van der Waals surface area contributed by atoms with Crippen molar-refractivity contribution in [1.82, 2.24) is 5.32 Å². The molecule has 1 heterocycles. The van der Waals surface area contributed by atoms with Crippen LogP contribution in [0.1, 0.15) is 32.1 Å². The van der Waals surface area contributed by atoms with Gasteiger partial charge in [-0.3, -0.25) is 0 Å². The largest absolute Gasteiger partial charge is 0.316 e. The van der Waals surface area contributed by atoms with Gasteiger partial charge < -0.3 is 5.32 Å². The van der Waals surface area contributed by atoms with Crippen LogP contribution in [0, 0.1) is 23.7 Å². The van der Waals surface area contributed by atoms with Gasteiger partial charge in [-0.1, -0.05) is 6.42 Å². The van der Waals surface area contributed by atoms with Crippen LogP contribution in [0.2, 0.25) is 0 Å². The first-order valence-corrected chi connectivity index (χ1v) is 5.62. The minimum atomic E-state index is 1.05. The summed E-state index contributed by atoms with van der Waals surface area (Å²) in [5, 5.41) is 3.38. The molecule has 1 aliphatic heterocycles. The van der Waals surface area contributed by atoms with Crippen molar-refractivity contribution < 1.29 is 0 Å². The lowest BCUT2D eigenvalue weighted by Gasteiger charge is -2.32. The smallest absolute Gasteiger partial charge is 0.000815 e. The third-order valence-corrected chi connectivity index (χ3v) is 4.39. The lowest BCUT2D eigenvalue weighted by molar-refractivity contribution is 0.221. The van der Waals surface area contributed by atoms with Gasteiger partial charge in [0.1, 0.15) is 0 Å². The van der Waals surface area contributed by atoms with Crippen LogP contribution < -0.4 is 5.32 Å².